The fourth-order valence-electron chi connectivity index (χ4n) is 3.77. The first kappa shape index (κ1) is 21.4. The standard InChI is InChI=1S/C25H22N4O3S/c30-33(31,29-14-16-32-17-15-29)22-13-7-12-21(18-22)25-26-23(19-8-3-1-4-9-19)24(27-28-25)20-10-5-2-6-11-20/h1-13,18H,14-17H2. The van der Waals surface area contributed by atoms with Gasteiger partial charge in [0.2, 0.25) is 10.0 Å². The Hall–Kier alpha value is -3.46. The summed E-state index contributed by atoms with van der Waals surface area (Å²) >= 11 is 0. The van der Waals surface area contributed by atoms with Crippen LogP contribution in [0.3, 0.4) is 0 Å². The molecule has 0 unspecified atom stereocenters. The average Bonchev–Trinajstić information content (AvgIpc) is 2.90. The topological polar surface area (TPSA) is 85.3 Å². The van der Waals surface area contributed by atoms with E-state index < -0.39 is 10.0 Å². The first-order chi connectivity index (χ1) is 16.1. The Bertz CT molecular complexity index is 1360. The van der Waals surface area contributed by atoms with Gasteiger partial charge in [0, 0.05) is 29.8 Å². The van der Waals surface area contributed by atoms with Gasteiger partial charge in [-0.3, -0.25) is 0 Å². The van der Waals surface area contributed by atoms with E-state index in [0.29, 0.717) is 49.1 Å². The summed E-state index contributed by atoms with van der Waals surface area (Å²) in [5, 5.41) is 8.85. The molecule has 33 heavy (non-hydrogen) atoms. The van der Waals surface area contributed by atoms with Gasteiger partial charge < -0.3 is 4.74 Å². The zero-order chi connectivity index (χ0) is 22.7. The van der Waals surface area contributed by atoms with Crippen molar-refractivity contribution in [2.45, 2.75) is 4.90 Å². The van der Waals surface area contributed by atoms with Gasteiger partial charge in [-0.15, -0.1) is 10.2 Å². The second kappa shape index (κ2) is 9.19. The summed E-state index contributed by atoms with van der Waals surface area (Å²) in [5.74, 6) is 0.368. The summed E-state index contributed by atoms with van der Waals surface area (Å²) in [5.41, 5.74) is 3.76. The maximum absolute atomic E-state index is 13.1. The van der Waals surface area contributed by atoms with E-state index in [4.69, 9.17) is 9.72 Å². The normalized spacial score (nSPS) is 14.8. The molecule has 0 spiro atoms. The fraction of sp³-hybridized carbons (Fsp3) is 0.160. The molecule has 3 aromatic carbocycles. The van der Waals surface area contributed by atoms with E-state index in [1.165, 1.54) is 4.31 Å². The molecular formula is C25H22N4O3S. The Kier molecular flexibility index (Phi) is 5.95. The van der Waals surface area contributed by atoms with Gasteiger partial charge in [-0.25, -0.2) is 13.4 Å². The van der Waals surface area contributed by atoms with Gasteiger partial charge >= 0.3 is 0 Å². The summed E-state index contributed by atoms with van der Waals surface area (Å²) in [6.07, 6.45) is 0. The molecule has 2 heterocycles. The van der Waals surface area contributed by atoms with Gasteiger partial charge in [-0.2, -0.15) is 4.31 Å². The minimum absolute atomic E-state index is 0.207. The molecule has 0 saturated carbocycles. The van der Waals surface area contributed by atoms with Crippen molar-refractivity contribution in [3.8, 4) is 33.9 Å². The number of sulfonamides is 1. The second-order valence-corrected chi connectivity index (χ2v) is 9.55. The SMILES string of the molecule is O=S(=O)(c1cccc(-c2nnc(-c3ccccc3)c(-c3ccccc3)n2)c1)N1CCOCC1. The summed E-state index contributed by atoms with van der Waals surface area (Å²) < 4.78 is 33.0. The minimum Gasteiger partial charge on any atom is -0.379 e. The number of benzene rings is 3. The maximum Gasteiger partial charge on any atom is 0.243 e. The number of morpholine rings is 1. The maximum atomic E-state index is 13.1. The highest BCUT2D eigenvalue weighted by Crippen LogP contribution is 2.30. The van der Waals surface area contributed by atoms with Gasteiger partial charge in [0.1, 0.15) is 11.4 Å². The molecule has 1 aliphatic heterocycles. The Morgan fingerprint density at radius 3 is 1.97 bits per heavy atom. The van der Waals surface area contributed by atoms with Crippen LogP contribution in [0.5, 0.6) is 0 Å². The molecule has 0 radical (unpaired) electrons. The molecule has 1 aliphatic rings. The lowest BCUT2D eigenvalue weighted by Gasteiger charge is -2.26. The lowest BCUT2D eigenvalue weighted by molar-refractivity contribution is 0.0730. The molecule has 0 N–H and O–H groups in total. The number of hydrogen-bond acceptors (Lipinski definition) is 6. The van der Waals surface area contributed by atoms with E-state index in [1.807, 2.05) is 60.7 Å². The molecule has 7 nitrogen and oxygen atoms in total. The molecule has 0 atom stereocenters. The van der Waals surface area contributed by atoms with E-state index in [1.54, 1.807) is 24.3 Å². The van der Waals surface area contributed by atoms with Crippen LogP contribution >= 0.6 is 0 Å². The Morgan fingerprint density at radius 1 is 0.697 bits per heavy atom. The lowest BCUT2D eigenvalue weighted by Crippen LogP contribution is -2.40. The highest BCUT2D eigenvalue weighted by Gasteiger charge is 2.27. The fourth-order valence-corrected chi connectivity index (χ4v) is 5.22. The number of aromatic nitrogens is 3. The summed E-state index contributed by atoms with van der Waals surface area (Å²) in [6, 6.07) is 26.3. The molecule has 1 aromatic heterocycles. The van der Waals surface area contributed by atoms with Crippen molar-refractivity contribution in [3.63, 3.8) is 0 Å². The summed E-state index contributed by atoms with van der Waals surface area (Å²) in [6.45, 7) is 1.48. The quantitative estimate of drug-likeness (QED) is 0.451. The van der Waals surface area contributed by atoms with E-state index in [2.05, 4.69) is 10.2 Å². The third kappa shape index (κ3) is 4.41. The molecule has 1 saturated heterocycles. The number of rotatable bonds is 5. The molecule has 5 rings (SSSR count). The highest BCUT2D eigenvalue weighted by atomic mass is 32.2. The van der Waals surface area contributed by atoms with Crippen molar-refractivity contribution in [1.82, 2.24) is 19.5 Å². The van der Waals surface area contributed by atoms with E-state index in [-0.39, 0.29) is 4.90 Å². The van der Waals surface area contributed by atoms with E-state index >= 15 is 0 Å². The van der Waals surface area contributed by atoms with E-state index in [9.17, 15) is 8.42 Å². The molecule has 4 aromatic rings. The van der Waals surface area contributed by atoms with Gasteiger partial charge in [0.05, 0.1) is 18.1 Å². The average molecular weight is 459 g/mol. The number of hydrogen-bond donors (Lipinski definition) is 0. The Labute approximate surface area is 192 Å². The Morgan fingerprint density at radius 2 is 1.30 bits per heavy atom. The first-order valence-corrected chi connectivity index (χ1v) is 12.1. The van der Waals surface area contributed by atoms with Crippen LogP contribution in [0.2, 0.25) is 0 Å². The number of ether oxygens (including phenoxy) is 1. The molecule has 166 valence electrons. The Balaban J connectivity index is 1.59. The van der Waals surface area contributed by atoms with Gasteiger partial charge in [-0.05, 0) is 12.1 Å². The predicted molar refractivity (Wildman–Crippen MR) is 126 cm³/mol. The smallest absolute Gasteiger partial charge is 0.243 e. The van der Waals surface area contributed by atoms with Gasteiger partial charge in [0.15, 0.2) is 5.82 Å². The van der Waals surface area contributed by atoms with Crippen LogP contribution in [-0.2, 0) is 14.8 Å². The molecule has 0 amide bonds. The van der Waals surface area contributed by atoms with Crippen molar-refractivity contribution in [2.24, 2.45) is 0 Å². The van der Waals surface area contributed by atoms with Crippen LogP contribution in [0.15, 0.2) is 89.8 Å². The molecule has 8 heteroatoms. The van der Waals surface area contributed by atoms with Gasteiger partial charge in [0.25, 0.3) is 0 Å². The first-order valence-electron chi connectivity index (χ1n) is 10.7. The summed E-state index contributed by atoms with van der Waals surface area (Å²) in [7, 11) is -3.63. The van der Waals surface area contributed by atoms with Crippen molar-refractivity contribution < 1.29 is 13.2 Å². The molecule has 0 bridgehead atoms. The highest BCUT2D eigenvalue weighted by molar-refractivity contribution is 7.89. The van der Waals surface area contributed by atoms with Crippen LogP contribution in [0.25, 0.3) is 33.9 Å². The zero-order valence-electron chi connectivity index (χ0n) is 17.8. The van der Waals surface area contributed by atoms with Crippen molar-refractivity contribution >= 4 is 10.0 Å². The van der Waals surface area contributed by atoms with Crippen LogP contribution in [0.4, 0.5) is 0 Å². The predicted octanol–water partition coefficient (Wildman–Crippen LogP) is 3.89. The second-order valence-electron chi connectivity index (χ2n) is 7.61. The number of nitrogens with zero attached hydrogens (tertiary/aromatic N) is 4. The van der Waals surface area contributed by atoms with Crippen LogP contribution in [-0.4, -0.2) is 54.2 Å². The lowest BCUT2D eigenvalue weighted by atomic mass is 10.0. The third-order valence-corrected chi connectivity index (χ3v) is 7.38. The van der Waals surface area contributed by atoms with Crippen molar-refractivity contribution in [1.29, 1.82) is 0 Å². The monoisotopic (exact) mass is 458 g/mol. The van der Waals surface area contributed by atoms with E-state index in [0.717, 1.165) is 11.1 Å². The van der Waals surface area contributed by atoms with Crippen molar-refractivity contribution in [2.75, 3.05) is 26.3 Å². The van der Waals surface area contributed by atoms with Crippen LogP contribution in [0, 0.1) is 0 Å². The van der Waals surface area contributed by atoms with Crippen LogP contribution in [0.1, 0.15) is 0 Å². The molecule has 0 aliphatic carbocycles. The third-order valence-electron chi connectivity index (χ3n) is 5.48. The molecule has 1 fully saturated rings. The minimum atomic E-state index is -3.63. The van der Waals surface area contributed by atoms with Gasteiger partial charge in [-0.1, -0.05) is 72.8 Å². The molecular weight excluding hydrogens is 436 g/mol. The summed E-state index contributed by atoms with van der Waals surface area (Å²) in [4.78, 5) is 5.03. The largest absolute Gasteiger partial charge is 0.379 e. The van der Waals surface area contributed by atoms with Crippen LogP contribution < -0.4 is 0 Å². The van der Waals surface area contributed by atoms with Crippen molar-refractivity contribution in [3.05, 3.63) is 84.9 Å². The zero-order valence-corrected chi connectivity index (χ0v) is 18.6.